The summed E-state index contributed by atoms with van der Waals surface area (Å²) >= 11 is 0. The summed E-state index contributed by atoms with van der Waals surface area (Å²) in [7, 11) is 0. The molecule has 3 aromatic rings. The first-order valence-corrected chi connectivity index (χ1v) is 12.3. The first-order chi connectivity index (χ1) is 17.7. The Bertz CT molecular complexity index is 1300. The summed E-state index contributed by atoms with van der Waals surface area (Å²) in [5.74, 6) is -1.77. The smallest absolute Gasteiger partial charge is 0.393 e. The van der Waals surface area contributed by atoms with Crippen molar-refractivity contribution in [2.75, 3.05) is 42.3 Å². The number of fused-ring (bicyclic) bond motifs is 1. The average molecular weight is 515 g/mol. The van der Waals surface area contributed by atoms with Gasteiger partial charge in [0.15, 0.2) is 5.69 Å². The highest BCUT2D eigenvalue weighted by atomic mass is 19.4. The number of ether oxygens (including phenoxy) is 1. The number of amides is 1. The number of piperidine rings is 1. The first kappa shape index (κ1) is 25.2. The van der Waals surface area contributed by atoms with Crippen LogP contribution < -0.4 is 21.7 Å². The summed E-state index contributed by atoms with van der Waals surface area (Å²) < 4.78 is 45.8. The van der Waals surface area contributed by atoms with Gasteiger partial charge in [0.2, 0.25) is 0 Å². The maximum Gasteiger partial charge on any atom is 0.393 e. The number of alkyl halides is 3. The van der Waals surface area contributed by atoms with E-state index >= 15 is 0 Å². The van der Waals surface area contributed by atoms with Crippen molar-refractivity contribution < 1.29 is 22.7 Å². The fraction of sp³-hybridized carbons (Fsp3) is 0.423. The molecule has 1 aromatic carbocycles. The topological polar surface area (TPSA) is 119 Å². The second-order valence-corrected chi connectivity index (χ2v) is 9.75. The second kappa shape index (κ2) is 10.1. The number of halogens is 3. The monoisotopic (exact) mass is 514 g/mol. The van der Waals surface area contributed by atoms with Gasteiger partial charge in [-0.1, -0.05) is 12.1 Å². The maximum atomic E-state index is 13.5. The number of carbonyl (C=O) groups excluding carboxylic acids is 1. The van der Waals surface area contributed by atoms with Gasteiger partial charge in [-0.25, -0.2) is 4.98 Å². The molecule has 2 aromatic heterocycles. The molecule has 5 N–H and O–H groups in total. The fourth-order valence-corrected chi connectivity index (χ4v) is 5.18. The number of nitrogen functional groups attached to an aromatic ring is 1. The number of rotatable bonds is 4. The van der Waals surface area contributed by atoms with Crippen LogP contribution in [0.4, 0.5) is 30.2 Å². The predicted octanol–water partition coefficient (Wildman–Crippen LogP) is 4.07. The van der Waals surface area contributed by atoms with Crippen molar-refractivity contribution in [3.8, 4) is 0 Å². The van der Waals surface area contributed by atoms with Gasteiger partial charge in [0.05, 0.1) is 34.7 Å². The molecule has 0 saturated carbocycles. The minimum Gasteiger partial charge on any atom is -0.397 e. The van der Waals surface area contributed by atoms with E-state index in [1.54, 1.807) is 17.0 Å². The Kier molecular flexibility index (Phi) is 6.91. The summed E-state index contributed by atoms with van der Waals surface area (Å²) in [6.07, 6.45) is 0.213. The van der Waals surface area contributed by atoms with Gasteiger partial charge in [0, 0.05) is 43.9 Å². The molecule has 2 unspecified atom stereocenters. The number of hydrogen-bond donors (Lipinski definition) is 3. The van der Waals surface area contributed by atoms with Gasteiger partial charge >= 0.3 is 6.18 Å². The maximum absolute atomic E-state index is 13.5. The van der Waals surface area contributed by atoms with E-state index in [0.29, 0.717) is 30.3 Å². The Balaban J connectivity index is 1.41. The Morgan fingerprint density at radius 3 is 2.68 bits per heavy atom. The van der Waals surface area contributed by atoms with Crippen LogP contribution in [0.15, 0.2) is 42.7 Å². The lowest BCUT2D eigenvalue weighted by Gasteiger charge is -2.39. The van der Waals surface area contributed by atoms with Gasteiger partial charge in [0.25, 0.3) is 5.91 Å². The van der Waals surface area contributed by atoms with Crippen LogP contribution in [0.3, 0.4) is 0 Å². The summed E-state index contributed by atoms with van der Waals surface area (Å²) in [6, 6.07) is 8.59. The highest BCUT2D eigenvalue weighted by Gasteiger charge is 2.44. The summed E-state index contributed by atoms with van der Waals surface area (Å²) in [5.41, 5.74) is 14.8. The molecule has 5 rings (SSSR count). The van der Waals surface area contributed by atoms with Crippen LogP contribution in [0, 0.1) is 5.92 Å². The standard InChI is InChI=1S/C26H29F3N6O2/c27-26(28,29)18-11-19(30)14-35(13-18)23-3-6-32-12-22(23)34-25(36)24-20(31)9-17-2-1-16(10-21(17)33-24)15-4-7-37-8-5-15/h1-3,6,9-10,12,15,18-19H,4-5,7-8,11,13-14,30-31H2,(H,34,36). The lowest BCUT2D eigenvalue weighted by atomic mass is 9.91. The molecular weight excluding hydrogens is 485 g/mol. The van der Waals surface area contributed by atoms with E-state index in [-0.39, 0.29) is 36.6 Å². The second-order valence-electron chi connectivity index (χ2n) is 9.75. The van der Waals surface area contributed by atoms with Crippen LogP contribution in [-0.4, -0.2) is 54.4 Å². The highest BCUT2D eigenvalue weighted by molar-refractivity contribution is 6.09. The molecule has 196 valence electrons. The van der Waals surface area contributed by atoms with Gasteiger partial charge < -0.3 is 26.4 Å². The molecule has 0 bridgehead atoms. The minimum atomic E-state index is -4.36. The SMILES string of the molecule is Nc1cc2ccc(C3CCOCC3)cc2nc1C(=O)Nc1cnccc1N1CC(N)CC(C(F)(F)F)C1. The van der Waals surface area contributed by atoms with Crippen molar-refractivity contribution in [2.24, 2.45) is 11.7 Å². The van der Waals surface area contributed by atoms with Gasteiger partial charge in [-0.3, -0.25) is 9.78 Å². The van der Waals surface area contributed by atoms with Crippen molar-refractivity contribution in [1.82, 2.24) is 9.97 Å². The van der Waals surface area contributed by atoms with Gasteiger partial charge in [-0.05, 0) is 48.9 Å². The molecule has 4 heterocycles. The largest absolute Gasteiger partial charge is 0.397 e. The Labute approximate surface area is 212 Å². The third kappa shape index (κ3) is 5.47. The van der Waals surface area contributed by atoms with Crippen molar-refractivity contribution in [2.45, 2.75) is 37.4 Å². The van der Waals surface area contributed by atoms with E-state index in [0.717, 1.165) is 23.8 Å². The molecule has 2 atom stereocenters. The number of anilines is 3. The zero-order valence-electron chi connectivity index (χ0n) is 20.2. The minimum absolute atomic E-state index is 0.0370. The van der Waals surface area contributed by atoms with Crippen molar-refractivity contribution in [3.05, 3.63) is 54.0 Å². The third-order valence-electron chi connectivity index (χ3n) is 7.11. The number of aromatic nitrogens is 2. The molecule has 0 spiro atoms. The van der Waals surface area contributed by atoms with Crippen LogP contribution in [0.2, 0.25) is 0 Å². The lowest BCUT2D eigenvalue weighted by Crippen LogP contribution is -2.51. The van der Waals surface area contributed by atoms with E-state index in [9.17, 15) is 18.0 Å². The molecule has 2 aliphatic heterocycles. The lowest BCUT2D eigenvalue weighted by molar-refractivity contribution is -0.177. The molecular formula is C26H29F3N6O2. The van der Waals surface area contributed by atoms with Crippen LogP contribution in [-0.2, 0) is 4.74 Å². The number of hydrogen-bond acceptors (Lipinski definition) is 7. The normalized spacial score (nSPS) is 21.2. The molecule has 1 amide bonds. The zero-order valence-corrected chi connectivity index (χ0v) is 20.2. The number of pyridine rings is 2. The van der Waals surface area contributed by atoms with Crippen LogP contribution in [0.1, 0.15) is 41.2 Å². The molecule has 2 saturated heterocycles. The number of nitrogens with one attached hydrogen (secondary N) is 1. The van der Waals surface area contributed by atoms with Crippen LogP contribution in [0.25, 0.3) is 10.9 Å². The number of carbonyl (C=O) groups is 1. The Hall–Kier alpha value is -3.44. The van der Waals surface area contributed by atoms with Crippen molar-refractivity contribution in [3.63, 3.8) is 0 Å². The quantitative estimate of drug-likeness (QED) is 0.480. The number of nitrogens with zero attached hydrogens (tertiary/aromatic N) is 3. The van der Waals surface area contributed by atoms with E-state index < -0.39 is 24.0 Å². The van der Waals surface area contributed by atoms with Crippen LogP contribution >= 0.6 is 0 Å². The fourth-order valence-electron chi connectivity index (χ4n) is 5.18. The van der Waals surface area contributed by atoms with Crippen molar-refractivity contribution >= 4 is 33.9 Å². The van der Waals surface area contributed by atoms with Gasteiger partial charge in [-0.2, -0.15) is 13.2 Å². The van der Waals surface area contributed by atoms with Gasteiger partial charge in [-0.15, -0.1) is 0 Å². The third-order valence-corrected chi connectivity index (χ3v) is 7.11. The van der Waals surface area contributed by atoms with Gasteiger partial charge in [0.1, 0.15) is 0 Å². The van der Waals surface area contributed by atoms with Crippen molar-refractivity contribution in [1.29, 1.82) is 0 Å². The number of nitrogens with two attached hydrogens (primary N) is 2. The Morgan fingerprint density at radius 2 is 1.92 bits per heavy atom. The number of benzene rings is 1. The van der Waals surface area contributed by atoms with E-state index in [2.05, 4.69) is 21.4 Å². The van der Waals surface area contributed by atoms with Crippen LogP contribution in [0.5, 0.6) is 0 Å². The summed E-state index contributed by atoms with van der Waals surface area (Å²) in [6.45, 7) is 1.40. The van der Waals surface area contributed by atoms with E-state index in [4.69, 9.17) is 16.2 Å². The van der Waals surface area contributed by atoms with E-state index in [1.807, 2.05) is 12.1 Å². The molecule has 37 heavy (non-hydrogen) atoms. The first-order valence-electron chi connectivity index (χ1n) is 12.3. The molecule has 11 heteroatoms. The highest BCUT2D eigenvalue weighted by Crippen LogP contribution is 2.37. The zero-order chi connectivity index (χ0) is 26.2. The summed E-state index contributed by atoms with van der Waals surface area (Å²) in [4.78, 5) is 23.4. The molecule has 8 nitrogen and oxygen atoms in total. The Morgan fingerprint density at radius 1 is 1.14 bits per heavy atom. The summed E-state index contributed by atoms with van der Waals surface area (Å²) in [5, 5.41) is 3.56. The molecule has 0 aliphatic carbocycles. The predicted molar refractivity (Wildman–Crippen MR) is 135 cm³/mol. The molecule has 2 fully saturated rings. The molecule has 0 radical (unpaired) electrons. The average Bonchev–Trinajstić information content (AvgIpc) is 2.88. The molecule has 2 aliphatic rings. The van der Waals surface area contributed by atoms with E-state index in [1.165, 1.54) is 12.4 Å².